The van der Waals surface area contributed by atoms with Gasteiger partial charge < -0.3 is 0 Å². The predicted octanol–water partition coefficient (Wildman–Crippen LogP) is 6.97. The summed E-state index contributed by atoms with van der Waals surface area (Å²) in [6.07, 6.45) is 12.7. The highest BCUT2D eigenvalue weighted by Gasteiger charge is 2.71. The Balaban J connectivity index is 1.49. The first-order chi connectivity index (χ1) is 18.2. The van der Waals surface area contributed by atoms with E-state index in [-0.39, 0.29) is 33.2 Å². The summed E-state index contributed by atoms with van der Waals surface area (Å²) in [6.45, 7) is 19.1. The van der Waals surface area contributed by atoms with E-state index in [0.29, 0.717) is 36.2 Å². The fourth-order valence-corrected chi connectivity index (χ4v) is 13.3. The Morgan fingerprint density at radius 3 is 2.05 bits per heavy atom. The zero-order valence-electron chi connectivity index (χ0n) is 26.2. The van der Waals surface area contributed by atoms with Gasteiger partial charge in [-0.15, -0.1) is 0 Å². The molecule has 5 aliphatic rings. The van der Waals surface area contributed by atoms with E-state index in [1.165, 1.54) is 24.5 Å². The molecule has 10 atom stereocenters. The Bertz CT molecular complexity index is 1260. The molecule has 0 radical (unpaired) electrons. The molecule has 0 amide bonds. The van der Waals surface area contributed by atoms with Gasteiger partial charge in [0, 0.05) is 0 Å². The zero-order chi connectivity index (χ0) is 29.7. The Kier molecular flexibility index (Phi) is 7.38. The Labute approximate surface area is 244 Å². The maximum absolute atomic E-state index is 12.1. The van der Waals surface area contributed by atoms with E-state index in [1.807, 2.05) is 0 Å². The molecule has 5 rings (SSSR count). The van der Waals surface area contributed by atoms with Crippen molar-refractivity contribution in [2.45, 2.75) is 112 Å². The van der Waals surface area contributed by atoms with Crippen LogP contribution in [0.2, 0.25) is 0 Å². The van der Waals surface area contributed by atoms with Crippen LogP contribution < -0.4 is 0 Å². The van der Waals surface area contributed by atoms with Crippen LogP contribution in [0.3, 0.4) is 0 Å². The molecule has 0 heterocycles. The monoisotopic (exact) mass is 598 g/mol. The van der Waals surface area contributed by atoms with Gasteiger partial charge in [-0.1, -0.05) is 46.8 Å². The highest BCUT2D eigenvalue weighted by atomic mass is 32.2. The SMILES string of the molecule is C=C(C)[C@@H]1CC[C@]2(COS(C)(=O)=O)CC[C@]3(C)[C@H](CC[C@@H]4[C@@]5(C)CC[C@H](OS(C)(=O)=O)C(C)(C)[C@@H]5CC[C@]43C)[C@@H]12. The third-order valence-corrected chi connectivity index (χ3v) is 15.2. The van der Waals surface area contributed by atoms with Gasteiger partial charge in [0.15, 0.2) is 0 Å². The van der Waals surface area contributed by atoms with E-state index in [0.717, 1.165) is 57.8 Å². The van der Waals surface area contributed by atoms with Gasteiger partial charge in [0.25, 0.3) is 20.2 Å². The second kappa shape index (κ2) is 9.53. The number of hydrogen-bond donors (Lipinski definition) is 0. The molecule has 0 N–H and O–H groups in total. The molecule has 40 heavy (non-hydrogen) atoms. The van der Waals surface area contributed by atoms with E-state index in [4.69, 9.17) is 8.37 Å². The first kappa shape index (κ1) is 31.0. The number of allylic oxidation sites excluding steroid dienone is 1. The fourth-order valence-electron chi connectivity index (χ4n) is 12.1. The quantitative estimate of drug-likeness (QED) is 0.243. The van der Waals surface area contributed by atoms with Crippen LogP contribution >= 0.6 is 0 Å². The molecule has 6 nitrogen and oxygen atoms in total. The number of rotatable bonds is 6. The molecule has 0 unspecified atom stereocenters. The lowest BCUT2D eigenvalue weighted by Crippen LogP contribution is -2.67. The standard InChI is InChI=1S/C32H54O6S2/c1-21(2)22-12-17-32(20-37-39(8,33)34)19-18-30(6)23(27(22)32)10-11-25-29(5)15-14-26(38-40(9,35)36)28(3,4)24(29)13-16-31(25,30)7/h22-27H,1,10-20H2,2-9H3/t22-,23+,24-,25+,26-,27+,29-,30+,31+,32+/m0/s1. The summed E-state index contributed by atoms with van der Waals surface area (Å²) in [7, 11) is -7.01. The maximum atomic E-state index is 12.1. The van der Waals surface area contributed by atoms with Gasteiger partial charge in [-0.25, -0.2) is 0 Å². The van der Waals surface area contributed by atoms with E-state index in [2.05, 4.69) is 48.1 Å². The van der Waals surface area contributed by atoms with Crippen molar-refractivity contribution in [1.82, 2.24) is 0 Å². The Morgan fingerprint density at radius 2 is 1.45 bits per heavy atom. The van der Waals surface area contributed by atoms with Gasteiger partial charge in [-0.05, 0) is 128 Å². The van der Waals surface area contributed by atoms with Gasteiger partial charge >= 0.3 is 0 Å². The minimum Gasteiger partial charge on any atom is -0.270 e. The second-order valence-electron chi connectivity index (χ2n) is 16.2. The average Bonchev–Trinajstić information content (AvgIpc) is 3.19. The molecule has 0 bridgehead atoms. The van der Waals surface area contributed by atoms with Crippen LogP contribution in [-0.2, 0) is 28.6 Å². The minimum atomic E-state index is -3.51. The Hall–Kier alpha value is -0.440. The summed E-state index contributed by atoms with van der Waals surface area (Å²) in [5.74, 6) is 2.33. The average molecular weight is 599 g/mol. The van der Waals surface area contributed by atoms with Crippen molar-refractivity contribution >= 4 is 20.2 Å². The predicted molar refractivity (Wildman–Crippen MR) is 159 cm³/mol. The molecule has 5 aliphatic carbocycles. The lowest BCUT2D eigenvalue weighted by Gasteiger charge is -2.73. The van der Waals surface area contributed by atoms with Crippen LogP contribution in [0, 0.1) is 56.7 Å². The fraction of sp³-hybridized carbons (Fsp3) is 0.938. The van der Waals surface area contributed by atoms with Gasteiger partial charge in [-0.2, -0.15) is 16.8 Å². The van der Waals surface area contributed by atoms with E-state index in [9.17, 15) is 16.8 Å². The summed E-state index contributed by atoms with van der Waals surface area (Å²) in [5, 5.41) is 0. The molecule has 0 aromatic rings. The third kappa shape index (κ3) is 4.59. The van der Waals surface area contributed by atoms with Crippen molar-refractivity contribution in [3.63, 3.8) is 0 Å². The van der Waals surface area contributed by atoms with Crippen LogP contribution in [0.5, 0.6) is 0 Å². The largest absolute Gasteiger partial charge is 0.270 e. The highest BCUT2D eigenvalue weighted by molar-refractivity contribution is 7.86. The molecule has 0 aromatic carbocycles. The molecule has 230 valence electrons. The van der Waals surface area contributed by atoms with Crippen molar-refractivity contribution in [3.8, 4) is 0 Å². The second-order valence-corrected chi connectivity index (χ2v) is 19.4. The summed E-state index contributed by atoms with van der Waals surface area (Å²) in [5.41, 5.74) is 1.41. The van der Waals surface area contributed by atoms with Crippen molar-refractivity contribution < 1.29 is 25.2 Å². The lowest BCUT2D eigenvalue weighted by atomic mass is 9.32. The van der Waals surface area contributed by atoms with Gasteiger partial charge in [0.05, 0.1) is 25.2 Å². The molecular weight excluding hydrogens is 544 g/mol. The first-order valence-corrected chi connectivity index (χ1v) is 19.2. The molecule has 5 saturated carbocycles. The molecule has 0 aliphatic heterocycles. The maximum Gasteiger partial charge on any atom is 0.264 e. The van der Waals surface area contributed by atoms with Crippen LogP contribution in [0.25, 0.3) is 0 Å². The molecule has 0 spiro atoms. The van der Waals surface area contributed by atoms with Crippen molar-refractivity contribution in [1.29, 1.82) is 0 Å². The number of hydrogen-bond acceptors (Lipinski definition) is 6. The van der Waals surface area contributed by atoms with E-state index in [1.54, 1.807) is 0 Å². The summed E-state index contributed by atoms with van der Waals surface area (Å²) >= 11 is 0. The molecular formula is C32H54O6S2. The van der Waals surface area contributed by atoms with Crippen LogP contribution in [0.15, 0.2) is 12.2 Å². The molecule has 0 aromatic heterocycles. The lowest BCUT2D eigenvalue weighted by molar-refractivity contribution is -0.246. The zero-order valence-corrected chi connectivity index (χ0v) is 27.8. The number of fused-ring (bicyclic) bond motifs is 7. The van der Waals surface area contributed by atoms with Crippen LogP contribution in [0.1, 0.15) is 106 Å². The van der Waals surface area contributed by atoms with Crippen molar-refractivity contribution in [2.24, 2.45) is 56.7 Å². The minimum absolute atomic E-state index is 0.0930. The van der Waals surface area contributed by atoms with Crippen LogP contribution in [0.4, 0.5) is 0 Å². The Morgan fingerprint density at radius 1 is 0.775 bits per heavy atom. The molecule has 0 saturated heterocycles. The first-order valence-electron chi connectivity index (χ1n) is 15.6. The normalized spacial score (nSPS) is 48.4. The van der Waals surface area contributed by atoms with Gasteiger partial charge in [0.2, 0.25) is 0 Å². The van der Waals surface area contributed by atoms with Crippen molar-refractivity contribution in [2.75, 3.05) is 19.1 Å². The molecule has 5 fully saturated rings. The topological polar surface area (TPSA) is 86.7 Å². The van der Waals surface area contributed by atoms with E-state index >= 15 is 0 Å². The summed E-state index contributed by atoms with van der Waals surface area (Å²) < 4.78 is 59.7. The van der Waals surface area contributed by atoms with Gasteiger partial charge in [-0.3, -0.25) is 8.37 Å². The van der Waals surface area contributed by atoms with Gasteiger partial charge in [0.1, 0.15) is 0 Å². The van der Waals surface area contributed by atoms with Crippen LogP contribution in [-0.4, -0.2) is 42.1 Å². The summed E-state index contributed by atoms with van der Waals surface area (Å²) in [4.78, 5) is 0. The molecule has 8 heteroatoms. The van der Waals surface area contributed by atoms with E-state index < -0.39 is 20.2 Å². The smallest absolute Gasteiger partial charge is 0.264 e. The third-order valence-electron chi connectivity index (χ3n) is 14.0. The summed E-state index contributed by atoms with van der Waals surface area (Å²) in [6, 6.07) is 0. The highest BCUT2D eigenvalue weighted by Crippen LogP contribution is 2.77. The van der Waals surface area contributed by atoms with Crippen molar-refractivity contribution in [3.05, 3.63) is 12.2 Å².